The summed E-state index contributed by atoms with van der Waals surface area (Å²) in [6, 6.07) is 0. The maximum Gasteiger partial charge on any atom is 0.0194 e. The molecule has 7 heavy (non-hydrogen) atoms. The van der Waals surface area contributed by atoms with Gasteiger partial charge in [0.05, 0.1) is 0 Å². The van der Waals surface area contributed by atoms with Crippen LogP contribution in [0.2, 0.25) is 0 Å². The van der Waals surface area contributed by atoms with Crippen molar-refractivity contribution >= 4 is 30.7 Å². The summed E-state index contributed by atoms with van der Waals surface area (Å²) in [5.74, 6) is 2.83. The molecular weight excluding hydrogens is 124 g/mol. The van der Waals surface area contributed by atoms with E-state index in [4.69, 9.17) is 1.37 Å². The summed E-state index contributed by atoms with van der Waals surface area (Å²) in [4.78, 5) is 0. The number of hydrogen-bond donors (Lipinski definition) is 1. The highest BCUT2D eigenvalue weighted by atomic mass is 32.1. The first-order valence-corrected chi connectivity index (χ1v) is 2.21. The topological polar surface area (TPSA) is 0 Å². The van der Waals surface area contributed by atoms with E-state index in [2.05, 4.69) is 30.7 Å². The van der Waals surface area contributed by atoms with Crippen LogP contribution in [-0.4, -0.2) is 12.1 Å². The van der Waals surface area contributed by atoms with Gasteiger partial charge in [-0.1, -0.05) is 34.5 Å². The van der Waals surface area contributed by atoms with Gasteiger partial charge in [0.2, 0.25) is 0 Å². The van der Waals surface area contributed by atoms with Gasteiger partial charge in [-0.15, -0.1) is 0 Å². The Hall–Kier alpha value is 0.440. The Morgan fingerprint density at radius 2 is 1.29 bits per heavy atom. The van der Waals surface area contributed by atoms with Gasteiger partial charge in [-0.3, -0.25) is 0 Å². The van der Waals surface area contributed by atoms with Crippen LogP contribution in [-0.2, 0) is 0 Å². The Labute approximate surface area is 61.1 Å². The van der Waals surface area contributed by atoms with Crippen molar-refractivity contribution in [3.8, 4) is 0 Å². The second-order valence-corrected chi connectivity index (χ2v) is 0. The zero-order chi connectivity index (χ0) is 6.00. The van der Waals surface area contributed by atoms with E-state index in [1.165, 1.54) is 7.40 Å². The predicted octanol–water partition coefficient (Wildman–Crippen LogP) is 3.07. The first kappa shape index (κ1) is 26.1. The Bertz CT molecular complexity index is 10.4. The normalized spacial score (nSPS) is 2.43. The number of thiocarbonyl (C=S) groups is 1. The molecule has 0 heterocycles. The molecule has 0 aliphatic rings. The van der Waals surface area contributed by atoms with Crippen LogP contribution in [0.15, 0.2) is 0 Å². The highest BCUT2D eigenvalue weighted by Crippen LogP contribution is 1.31. The first-order valence-electron chi connectivity index (χ1n) is 1.74. The van der Waals surface area contributed by atoms with E-state index >= 15 is 0 Å². The lowest BCUT2D eigenvalue weighted by Gasteiger charge is -1.11. The van der Waals surface area contributed by atoms with Gasteiger partial charge in [0, 0.05) is 1.37 Å². The standard InChI is InChI=1S/CH4S.CH2S.3CH4/c2*1-2;;;/h2H,1H3;1H2;3*1H4/i;;1D;;. The molecule has 2 heteroatoms. The Kier molecular flexibility index (Phi) is 3670. The second kappa shape index (κ2) is 984. The van der Waals surface area contributed by atoms with Crippen molar-refractivity contribution in [2.75, 3.05) is 6.26 Å². The fraction of sp³-hybridized carbons (Fsp3) is 0.800. The lowest BCUT2D eigenvalue weighted by atomic mass is 12.0. The molecular formula is C5H18S2. The van der Waals surface area contributed by atoms with E-state index < -0.39 is 0 Å². The summed E-state index contributed by atoms with van der Waals surface area (Å²) in [7, 11) is 1.25. The second-order valence-electron chi connectivity index (χ2n) is 0. The van der Waals surface area contributed by atoms with Gasteiger partial charge >= 0.3 is 0 Å². The van der Waals surface area contributed by atoms with E-state index in [0.717, 1.165) is 0 Å². The van der Waals surface area contributed by atoms with Gasteiger partial charge in [-0.25, -0.2) is 0 Å². The highest BCUT2D eigenvalue weighted by molar-refractivity contribution is 7.79. The molecule has 0 saturated carbocycles. The van der Waals surface area contributed by atoms with Crippen molar-refractivity contribution < 1.29 is 1.37 Å². The van der Waals surface area contributed by atoms with Gasteiger partial charge in [-0.2, -0.15) is 12.6 Å². The van der Waals surface area contributed by atoms with Crippen molar-refractivity contribution in [1.29, 1.82) is 0 Å². The molecule has 0 aromatic heterocycles. The third-order valence-corrected chi connectivity index (χ3v) is 0. The molecule has 0 aromatic rings. The van der Waals surface area contributed by atoms with Crippen LogP contribution in [0.1, 0.15) is 23.6 Å². The van der Waals surface area contributed by atoms with Crippen LogP contribution in [0.3, 0.4) is 0 Å². The summed E-state index contributed by atoms with van der Waals surface area (Å²) in [6.45, 7) is 0. The quantitative estimate of drug-likeness (QED) is 0.402. The fourth-order valence-electron chi connectivity index (χ4n) is 0. The summed E-state index contributed by atoms with van der Waals surface area (Å²) in [5, 5.41) is 0. The Balaban J connectivity index is -0.00000000500. The first-order chi connectivity index (χ1) is 3.00. The van der Waals surface area contributed by atoms with E-state index in [-0.39, 0.29) is 14.9 Å². The average Bonchev–Trinajstić information content (AvgIpc) is 1.81. The summed E-state index contributed by atoms with van der Waals surface area (Å²) < 4.78 is 5.75. The lowest BCUT2D eigenvalue weighted by Crippen LogP contribution is -0.865. The van der Waals surface area contributed by atoms with Gasteiger partial charge < -0.3 is 0 Å². The van der Waals surface area contributed by atoms with Crippen LogP contribution < -0.4 is 0 Å². The number of rotatable bonds is 0. The molecule has 0 atom stereocenters. The SMILES string of the molecule is C.C.C=S.CS.[2H]C. The Morgan fingerprint density at radius 1 is 1.29 bits per heavy atom. The van der Waals surface area contributed by atoms with Gasteiger partial charge in [-0.05, 0) is 12.1 Å². The molecule has 0 N–H and O–H groups in total. The molecule has 0 aliphatic carbocycles. The van der Waals surface area contributed by atoms with Crippen LogP contribution in [0.4, 0.5) is 0 Å². The molecule has 0 saturated heterocycles. The molecule has 0 bridgehead atoms. The Morgan fingerprint density at radius 3 is 1.29 bits per heavy atom. The molecule has 0 rings (SSSR count). The van der Waals surface area contributed by atoms with Crippen molar-refractivity contribution in [3.05, 3.63) is 0 Å². The van der Waals surface area contributed by atoms with E-state index in [1.54, 1.807) is 6.26 Å². The zero-order valence-corrected chi connectivity index (χ0v) is 5.27. The maximum absolute atomic E-state index is 5.75. The van der Waals surface area contributed by atoms with Crippen LogP contribution >= 0.6 is 24.8 Å². The van der Waals surface area contributed by atoms with Crippen LogP contribution in [0.25, 0.3) is 0 Å². The van der Waals surface area contributed by atoms with E-state index in [1.807, 2.05) is 0 Å². The van der Waals surface area contributed by atoms with E-state index in [0.29, 0.717) is 0 Å². The molecule has 0 aliphatic heterocycles. The number of thiol groups is 1. The molecule has 50 valence electrons. The maximum atomic E-state index is 5.75. The van der Waals surface area contributed by atoms with Crippen molar-refractivity contribution in [3.63, 3.8) is 0 Å². The minimum absolute atomic E-state index is 0. The molecule has 0 spiro atoms. The zero-order valence-electron chi connectivity index (χ0n) is 4.56. The fourth-order valence-corrected chi connectivity index (χ4v) is 0. The van der Waals surface area contributed by atoms with E-state index in [9.17, 15) is 0 Å². The predicted molar refractivity (Wildman–Crippen MR) is 49.8 cm³/mol. The largest absolute Gasteiger partial charge is 0.183 e. The van der Waals surface area contributed by atoms with Crippen molar-refractivity contribution in [2.45, 2.75) is 22.3 Å². The highest BCUT2D eigenvalue weighted by Gasteiger charge is 0.901. The van der Waals surface area contributed by atoms with Crippen LogP contribution in [0.5, 0.6) is 0 Å². The monoisotopic (exact) mass is 143 g/mol. The van der Waals surface area contributed by atoms with Gasteiger partial charge in [0.25, 0.3) is 0 Å². The molecule has 0 aromatic carbocycles. The third-order valence-electron chi connectivity index (χ3n) is 0. The van der Waals surface area contributed by atoms with Crippen molar-refractivity contribution in [1.82, 2.24) is 0 Å². The summed E-state index contributed by atoms with van der Waals surface area (Å²) in [5.41, 5.74) is 0. The van der Waals surface area contributed by atoms with Crippen molar-refractivity contribution in [2.24, 2.45) is 0 Å². The molecule has 0 fully saturated rings. The van der Waals surface area contributed by atoms with Gasteiger partial charge in [0.15, 0.2) is 0 Å². The lowest BCUT2D eigenvalue weighted by molar-refractivity contribution is 2.50. The minimum Gasteiger partial charge on any atom is -0.183 e. The molecule has 0 amide bonds. The molecule has 0 unspecified atom stereocenters. The summed E-state index contributed by atoms with van der Waals surface area (Å²) in [6.07, 6.45) is 1.69. The third kappa shape index (κ3) is 656. The van der Waals surface area contributed by atoms with Gasteiger partial charge in [0.1, 0.15) is 0 Å². The smallest absolute Gasteiger partial charge is 0.0194 e. The summed E-state index contributed by atoms with van der Waals surface area (Å²) >= 11 is 7.36. The minimum atomic E-state index is 0. The molecule has 0 nitrogen and oxygen atoms in total. The average molecular weight is 143 g/mol. The molecule has 0 radical (unpaired) electrons. The number of hydrogen-bond acceptors (Lipinski definition) is 2. The van der Waals surface area contributed by atoms with Crippen LogP contribution in [0, 0.1) is 0 Å².